The van der Waals surface area contributed by atoms with E-state index in [4.69, 9.17) is 23.7 Å². The molecule has 8 heteroatoms. The number of amides is 1. The Morgan fingerprint density at radius 3 is 2.63 bits per heavy atom. The third kappa shape index (κ3) is 3.81. The number of carbonyl (C=O) groups excluding carboxylic acids is 2. The van der Waals surface area contributed by atoms with Crippen LogP contribution in [0.1, 0.15) is 15.9 Å². The van der Waals surface area contributed by atoms with Gasteiger partial charge in [-0.3, -0.25) is 4.79 Å². The lowest BCUT2D eigenvalue weighted by Gasteiger charge is -2.25. The topological polar surface area (TPSA) is 83.5 Å². The lowest BCUT2D eigenvalue weighted by molar-refractivity contribution is 0.0416. The van der Waals surface area contributed by atoms with E-state index in [1.165, 1.54) is 13.2 Å². The van der Waals surface area contributed by atoms with Gasteiger partial charge < -0.3 is 28.6 Å². The molecular weight excluding hydrogens is 390 g/mol. The van der Waals surface area contributed by atoms with Crippen LogP contribution in [-0.4, -0.2) is 57.3 Å². The predicted molar refractivity (Wildman–Crippen MR) is 107 cm³/mol. The molecule has 8 nitrogen and oxygen atoms in total. The van der Waals surface area contributed by atoms with Gasteiger partial charge in [0.05, 0.1) is 33.0 Å². The van der Waals surface area contributed by atoms with E-state index < -0.39 is 6.09 Å². The SMILES string of the molecule is COc1cccc(C=C2Oc3cc(OC(=O)N4CCOCC4)ccc3C2=O)c1OC. The number of rotatable bonds is 4. The molecule has 2 aliphatic heterocycles. The fourth-order valence-corrected chi connectivity index (χ4v) is 3.31. The maximum atomic E-state index is 12.7. The number of morpholine rings is 1. The number of hydrogen-bond acceptors (Lipinski definition) is 7. The summed E-state index contributed by atoms with van der Waals surface area (Å²) >= 11 is 0. The quantitative estimate of drug-likeness (QED) is 0.715. The zero-order chi connectivity index (χ0) is 21.1. The molecule has 2 aromatic rings. The second kappa shape index (κ2) is 8.46. The summed E-state index contributed by atoms with van der Waals surface area (Å²) in [6.45, 7) is 1.93. The van der Waals surface area contributed by atoms with Crippen LogP contribution in [0.2, 0.25) is 0 Å². The highest BCUT2D eigenvalue weighted by Gasteiger charge is 2.29. The molecule has 2 aliphatic rings. The molecule has 0 bridgehead atoms. The van der Waals surface area contributed by atoms with Crippen molar-refractivity contribution in [3.05, 3.63) is 53.3 Å². The molecule has 4 rings (SSSR count). The number of carbonyl (C=O) groups is 2. The minimum atomic E-state index is -0.459. The lowest BCUT2D eigenvalue weighted by Crippen LogP contribution is -2.42. The normalized spacial score (nSPS) is 16.8. The van der Waals surface area contributed by atoms with E-state index in [0.717, 1.165) is 0 Å². The molecule has 2 aromatic carbocycles. The second-order valence-electron chi connectivity index (χ2n) is 6.65. The van der Waals surface area contributed by atoms with Gasteiger partial charge in [0.15, 0.2) is 17.3 Å². The van der Waals surface area contributed by atoms with Gasteiger partial charge in [-0.05, 0) is 24.3 Å². The Morgan fingerprint density at radius 2 is 1.90 bits per heavy atom. The number of ether oxygens (including phenoxy) is 5. The maximum absolute atomic E-state index is 12.7. The van der Waals surface area contributed by atoms with Gasteiger partial charge in [0.1, 0.15) is 11.5 Å². The van der Waals surface area contributed by atoms with Gasteiger partial charge in [0, 0.05) is 24.7 Å². The van der Waals surface area contributed by atoms with Gasteiger partial charge in [-0.25, -0.2) is 4.79 Å². The van der Waals surface area contributed by atoms with Crippen molar-refractivity contribution in [2.75, 3.05) is 40.5 Å². The number of benzene rings is 2. The summed E-state index contributed by atoms with van der Waals surface area (Å²) in [5, 5.41) is 0. The second-order valence-corrected chi connectivity index (χ2v) is 6.65. The molecule has 30 heavy (non-hydrogen) atoms. The average Bonchev–Trinajstić information content (AvgIpc) is 3.08. The van der Waals surface area contributed by atoms with Crippen LogP contribution in [-0.2, 0) is 4.74 Å². The number of fused-ring (bicyclic) bond motifs is 1. The first-order valence-corrected chi connectivity index (χ1v) is 9.44. The lowest BCUT2D eigenvalue weighted by atomic mass is 10.1. The van der Waals surface area contributed by atoms with Gasteiger partial charge in [0.25, 0.3) is 0 Å². The molecule has 0 spiro atoms. The largest absolute Gasteiger partial charge is 0.493 e. The van der Waals surface area contributed by atoms with E-state index in [1.54, 1.807) is 48.4 Å². The van der Waals surface area contributed by atoms with Crippen molar-refractivity contribution in [2.24, 2.45) is 0 Å². The highest BCUT2D eigenvalue weighted by molar-refractivity contribution is 6.14. The van der Waals surface area contributed by atoms with Crippen LogP contribution in [0.3, 0.4) is 0 Å². The van der Waals surface area contributed by atoms with E-state index >= 15 is 0 Å². The molecular formula is C22H21NO7. The van der Waals surface area contributed by atoms with Gasteiger partial charge >= 0.3 is 6.09 Å². The Labute approximate surface area is 173 Å². The molecule has 0 radical (unpaired) electrons. The number of para-hydroxylation sites is 1. The van der Waals surface area contributed by atoms with Crippen molar-refractivity contribution in [1.29, 1.82) is 0 Å². The highest BCUT2D eigenvalue weighted by Crippen LogP contribution is 2.37. The average molecular weight is 411 g/mol. The van der Waals surface area contributed by atoms with Gasteiger partial charge in [-0.2, -0.15) is 0 Å². The van der Waals surface area contributed by atoms with Crippen molar-refractivity contribution >= 4 is 18.0 Å². The zero-order valence-electron chi connectivity index (χ0n) is 16.7. The Morgan fingerprint density at radius 1 is 1.10 bits per heavy atom. The molecule has 0 aliphatic carbocycles. The van der Waals surface area contributed by atoms with Crippen molar-refractivity contribution in [3.63, 3.8) is 0 Å². The molecule has 2 heterocycles. The minimum Gasteiger partial charge on any atom is -0.493 e. The van der Waals surface area contributed by atoms with Crippen LogP contribution in [0.5, 0.6) is 23.0 Å². The van der Waals surface area contributed by atoms with Gasteiger partial charge in [0.2, 0.25) is 5.78 Å². The molecule has 1 saturated heterocycles. The summed E-state index contributed by atoms with van der Waals surface area (Å²) in [7, 11) is 3.07. The van der Waals surface area contributed by atoms with Crippen LogP contribution in [0, 0.1) is 0 Å². The van der Waals surface area contributed by atoms with Crippen LogP contribution >= 0.6 is 0 Å². The van der Waals surface area contributed by atoms with Gasteiger partial charge in [-0.1, -0.05) is 12.1 Å². The molecule has 0 saturated carbocycles. The molecule has 0 N–H and O–H groups in total. The first-order chi connectivity index (χ1) is 14.6. The fourth-order valence-electron chi connectivity index (χ4n) is 3.31. The Bertz CT molecular complexity index is 1010. The number of ketones is 1. The van der Waals surface area contributed by atoms with E-state index in [-0.39, 0.29) is 11.5 Å². The highest BCUT2D eigenvalue weighted by atomic mass is 16.6. The molecule has 0 aromatic heterocycles. The molecule has 0 atom stereocenters. The minimum absolute atomic E-state index is 0.146. The third-order valence-corrected chi connectivity index (χ3v) is 4.84. The zero-order valence-corrected chi connectivity index (χ0v) is 16.7. The number of methoxy groups -OCH3 is 2. The van der Waals surface area contributed by atoms with Crippen molar-refractivity contribution in [3.8, 4) is 23.0 Å². The molecule has 156 valence electrons. The van der Waals surface area contributed by atoms with E-state index in [2.05, 4.69) is 0 Å². The summed E-state index contributed by atoms with van der Waals surface area (Å²) in [5.41, 5.74) is 1.04. The summed E-state index contributed by atoms with van der Waals surface area (Å²) in [6, 6.07) is 10.1. The van der Waals surface area contributed by atoms with Crippen LogP contribution < -0.4 is 18.9 Å². The van der Waals surface area contributed by atoms with E-state index in [9.17, 15) is 9.59 Å². The number of allylic oxidation sites excluding steroid dienone is 1. The third-order valence-electron chi connectivity index (χ3n) is 4.84. The first kappa shape index (κ1) is 19.8. The van der Waals surface area contributed by atoms with Crippen molar-refractivity contribution in [1.82, 2.24) is 4.90 Å². The van der Waals surface area contributed by atoms with Crippen molar-refractivity contribution < 1.29 is 33.3 Å². The fraction of sp³-hybridized carbons (Fsp3) is 0.273. The van der Waals surface area contributed by atoms with E-state index in [1.807, 2.05) is 0 Å². The summed E-state index contributed by atoms with van der Waals surface area (Å²) < 4.78 is 27.1. The van der Waals surface area contributed by atoms with Gasteiger partial charge in [-0.15, -0.1) is 0 Å². The standard InChI is InChI=1S/C22H21NO7/c1-26-17-5-3-4-14(21(17)27-2)12-19-20(24)16-7-6-15(13-18(16)30-19)29-22(25)23-8-10-28-11-9-23/h3-7,12-13H,8-11H2,1-2H3. The Balaban J connectivity index is 1.55. The number of hydrogen-bond donors (Lipinski definition) is 0. The van der Waals surface area contributed by atoms with E-state index in [0.29, 0.717) is 60.4 Å². The number of nitrogens with zero attached hydrogens (tertiary/aromatic N) is 1. The predicted octanol–water partition coefficient (Wildman–Crippen LogP) is 3.15. The summed E-state index contributed by atoms with van der Waals surface area (Å²) in [5.74, 6) is 1.57. The number of Topliss-reactive ketones (excluding diaryl/α,β-unsaturated/α-hetero) is 1. The monoisotopic (exact) mass is 411 g/mol. The summed E-state index contributed by atoms with van der Waals surface area (Å²) in [4.78, 5) is 26.6. The summed E-state index contributed by atoms with van der Waals surface area (Å²) in [6.07, 6.45) is 1.14. The molecule has 1 amide bonds. The van der Waals surface area contributed by atoms with Crippen LogP contribution in [0.4, 0.5) is 4.79 Å². The molecule has 1 fully saturated rings. The van der Waals surface area contributed by atoms with Crippen LogP contribution in [0.25, 0.3) is 6.08 Å². The Hall–Kier alpha value is -3.52. The Kier molecular flexibility index (Phi) is 5.58. The van der Waals surface area contributed by atoms with Crippen molar-refractivity contribution in [2.45, 2.75) is 0 Å². The molecule has 0 unspecified atom stereocenters. The first-order valence-electron chi connectivity index (χ1n) is 9.44. The smallest absolute Gasteiger partial charge is 0.415 e. The van der Waals surface area contributed by atoms with Crippen LogP contribution in [0.15, 0.2) is 42.2 Å². The maximum Gasteiger partial charge on any atom is 0.415 e.